The first-order valence-corrected chi connectivity index (χ1v) is 9.12. The maximum atomic E-state index is 4.90. The standard InChI is InChI=1S/C20H24N6/c1-14-19(15(2)25(3)24-14)18-8-10-22-20(23-18)26-11-5-7-17(26)12-16-6-4-9-21-13-16/h4,6,8-10,13,17H,5,7,11-12H2,1-3H3/t17-/m1/s1. The van der Waals surface area contributed by atoms with Crippen LogP contribution in [0.1, 0.15) is 29.8 Å². The minimum atomic E-state index is 0.422. The van der Waals surface area contributed by atoms with E-state index in [0.29, 0.717) is 6.04 Å². The summed E-state index contributed by atoms with van der Waals surface area (Å²) in [7, 11) is 1.97. The van der Waals surface area contributed by atoms with E-state index in [9.17, 15) is 0 Å². The van der Waals surface area contributed by atoms with Crippen LogP contribution in [0.4, 0.5) is 5.95 Å². The summed E-state index contributed by atoms with van der Waals surface area (Å²) in [5.41, 5.74) is 5.45. The maximum absolute atomic E-state index is 4.90. The molecule has 134 valence electrons. The van der Waals surface area contributed by atoms with Crippen LogP contribution in [0.2, 0.25) is 0 Å². The zero-order valence-corrected chi connectivity index (χ0v) is 15.6. The molecule has 0 unspecified atom stereocenters. The van der Waals surface area contributed by atoms with E-state index < -0.39 is 0 Å². The topological polar surface area (TPSA) is 59.7 Å². The second-order valence-electron chi connectivity index (χ2n) is 6.97. The number of aryl methyl sites for hydroxylation is 2. The quantitative estimate of drug-likeness (QED) is 0.725. The monoisotopic (exact) mass is 348 g/mol. The average molecular weight is 348 g/mol. The number of pyridine rings is 1. The van der Waals surface area contributed by atoms with Crippen molar-refractivity contribution in [2.75, 3.05) is 11.4 Å². The Morgan fingerprint density at radius 3 is 2.81 bits per heavy atom. The Morgan fingerprint density at radius 2 is 2.08 bits per heavy atom. The first-order chi connectivity index (χ1) is 12.6. The molecule has 1 atom stereocenters. The lowest BCUT2D eigenvalue weighted by Gasteiger charge is -2.25. The summed E-state index contributed by atoms with van der Waals surface area (Å²) < 4.78 is 1.91. The van der Waals surface area contributed by atoms with Gasteiger partial charge in [0.05, 0.1) is 11.4 Å². The van der Waals surface area contributed by atoms with E-state index in [1.807, 2.05) is 49.4 Å². The fourth-order valence-corrected chi connectivity index (χ4v) is 3.87. The molecule has 26 heavy (non-hydrogen) atoms. The number of hydrogen-bond donors (Lipinski definition) is 0. The third-order valence-electron chi connectivity index (χ3n) is 5.24. The molecule has 3 aromatic rings. The van der Waals surface area contributed by atoms with Gasteiger partial charge in [-0.3, -0.25) is 9.67 Å². The van der Waals surface area contributed by atoms with Gasteiger partial charge in [0, 0.05) is 49.5 Å². The predicted octanol–water partition coefficient (Wildman–Crippen LogP) is 3.10. The molecule has 0 aromatic carbocycles. The van der Waals surface area contributed by atoms with E-state index in [0.717, 1.165) is 48.0 Å². The average Bonchev–Trinajstić information content (AvgIpc) is 3.20. The predicted molar refractivity (Wildman–Crippen MR) is 102 cm³/mol. The van der Waals surface area contributed by atoms with Crippen LogP contribution >= 0.6 is 0 Å². The summed E-state index contributed by atoms with van der Waals surface area (Å²) >= 11 is 0. The van der Waals surface area contributed by atoms with Crippen LogP contribution in [0.5, 0.6) is 0 Å². The van der Waals surface area contributed by atoms with Gasteiger partial charge in [-0.05, 0) is 50.8 Å². The summed E-state index contributed by atoms with van der Waals surface area (Å²) in [4.78, 5) is 16.1. The van der Waals surface area contributed by atoms with Gasteiger partial charge < -0.3 is 4.90 Å². The minimum absolute atomic E-state index is 0.422. The largest absolute Gasteiger partial charge is 0.337 e. The van der Waals surface area contributed by atoms with Gasteiger partial charge in [-0.15, -0.1) is 0 Å². The molecule has 4 heterocycles. The fourth-order valence-electron chi connectivity index (χ4n) is 3.87. The van der Waals surface area contributed by atoms with Crippen LogP contribution in [0.3, 0.4) is 0 Å². The highest BCUT2D eigenvalue weighted by molar-refractivity contribution is 5.65. The molecule has 1 aliphatic heterocycles. The SMILES string of the molecule is Cc1nn(C)c(C)c1-c1ccnc(N2CCC[C@@H]2Cc2cccnc2)n1. The van der Waals surface area contributed by atoms with Gasteiger partial charge in [0.15, 0.2) is 0 Å². The molecule has 0 bridgehead atoms. The molecule has 0 aliphatic carbocycles. The van der Waals surface area contributed by atoms with Gasteiger partial charge in [-0.1, -0.05) is 6.07 Å². The van der Waals surface area contributed by atoms with Crippen molar-refractivity contribution in [3.05, 3.63) is 53.7 Å². The minimum Gasteiger partial charge on any atom is -0.337 e. The van der Waals surface area contributed by atoms with Crippen molar-refractivity contribution in [3.63, 3.8) is 0 Å². The third-order valence-corrected chi connectivity index (χ3v) is 5.24. The molecule has 0 saturated carbocycles. The Kier molecular flexibility index (Phi) is 4.41. The number of aromatic nitrogens is 5. The summed E-state index contributed by atoms with van der Waals surface area (Å²) in [6.45, 7) is 5.11. The van der Waals surface area contributed by atoms with Crippen LogP contribution in [0.25, 0.3) is 11.3 Å². The van der Waals surface area contributed by atoms with Crippen LogP contribution in [-0.4, -0.2) is 37.3 Å². The van der Waals surface area contributed by atoms with Crippen LogP contribution in [-0.2, 0) is 13.5 Å². The number of hydrogen-bond acceptors (Lipinski definition) is 5. The molecule has 1 fully saturated rings. The van der Waals surface area contributed by atoms with Crippen molar-refractivity contribution in [1.82, 2.24) is 24.7 Å². The van der Waals surface area contributed by atoms with E-state index in [4.69, 9.17) is 4.98 Å². The molecule has 3 aromatic heterocycles. The summed E-state index contributed by atoms with van der Waals surface area (Å²) in [6.07, 6.45) is 8.95. The van der Waals surface area contributed by atoms with Gasteiger partial charge >= 0.3 is 0 Å². The zero-order valence-electron chi connectivity index (χ0n) is 15.6. The highest BCUT2D eigenvalue weighted by Crippen LogP contribution is 2.29. The Hall–Kier alpha value is -2.76. The summed E-state index contributed by atoms with van der Waals surface area (Å²) in [5, 5.41) is 4.52. The lowest BCUT2D eigenvalue weighted by Crippen LogP contribution is -2.32. The molecule has 6 nitrogen and oxygen atoms in total. The third kappa shape index (κ3) is 3.07. The summed E-state index contributed by atoms with van der Waals surface area (Å²) in [5.74, 6) is 0.816. The van der Waals surface area contributed by atoms with Crippen molar-refractivity contribution in [2.24, 2.45) is 7.05 Å². The van der Waals surface area contributed by atoms with Crippen LogP contribution in [0.15, 0.2) is 36.8 Å². The highest BCUT2D eigenvalue weighted by Gasteiger charge is 2.27. The Labute approximate surface area is 153 Å². The van der Waals surface area contributed by atoms with Crippen LogP contribution in [0, 0.1) is 13.8 Å². The smallest absolute Gasteiger partial charge is 0.226 e. The number of anilines is 1. The fraction of sp³-hybridized carbons (Fsp3) is 0.400. The van der Waals surface area contributed by atoms with Gasteiger partial charge in [-0.25, -0.2) is 9.97 Å². The van der Waals surface area contributed by atoms with E-state index in [-0.39, 0.29) is 0 Å². The molecular formula is C20H24N6. The molecule has 0 radical (unpaired) electrons. The van der Waals surface area contributed by atoms with E-state index >= 15 is 0 Å². The van der Waals surface area contributed by atoms with Gasteiger partial charge in [0.1, 0.15) is 0 Å². The lowest BCUT2D eigenvalue weighted by atomic mass is 10.1. The van der Waals surface area contributed by atoms with Gasteiger partial charge in [0.25, 0.3) is 0 Å². The lowest BCUT2D eigenvalue weighted by molar-refractivity contribution is 0.650. The van der Waals surface area contributed by atoms with Crippen molar-refractivity contribution in [3.8, 4) is 11.3 Å². The van der Waals surface area contributed by atoms with Crippen molar-refractivity contribution in [1.29, 1.82) is 0 Å². The van der Waals surface area contributed by atoms with Gasteiger partial charge in [0.2, 0.25) is 5.95 Å². The molecule has 6 heteroatoms. The second-order valence-corrected chi connectivity index (χ2v) is 6.97. The van der Waals surface area contributed by atoms with Crippen molar-refractivity contribution in [2.45, 2.75) is 39.2 Å². The first kappa shape index (κ1) is 16.7. The second kappa shape index (κ2) is 6.86. The molecule has 0 N–H and O–H groups in total. The first-order valence-electron chi connectivity index (χ1n) is 9.12. The van der Waals surface area contributed by atoms with Crippen LogP contribution < -0.4 is 4.90 Å². The molecule has 4 rings (SSSR count). The maximum Gasteiger partial charge on any atom is 0.226 e. The molecular weight excluding hydrogens is 324 g/mol. The molecule has 1 saturated heterocycles. The normalized spacial score (nSPS) is 17.0. The van der Waals surface area contributed by atoms with E-state index in [1.165, 1.54) is 12.0 Å². The molecule has 1 aliphatic rings. The van der Waals surface area contributed by atoms with Gasteiger partial charge in [-0.2, -0.15) is 5.10 Å². The molecule has 0 amide bonds. The van der Waals surface area contributed by atoms with Crippen molar-refractivity contribution < 1.29 is 0 Å². The molecule has 0 spiro atoms. The van der Waals surface area contributed by atoms with E-state index in [2.05, 4.69) is 33.0 Å². The van der Waals surface area contributed by atoms with Crippen molar-refractivity contribution >= 4 is 5.95 Å². The number of nitrogens with zero attached hydrogens (tertiary/aromatic N) is 6. The summed E-state index contributed by atoms with van der Waals surface area (Å²) in [6, 6.07) is 6.54. The zero-order chi connectivity index (χ0) is 18.1. The van der Waals surface area contributed by atoms with E-state index in [1.54, 1.807) is 0 Å². The Bertz CT molecular complexity index is 902. The highest BCUT2D eigenvalue weighted by atomic mass is 15.3. The Balaban J connectivity index is 1.63. The number of rotatable bonds is 4. The Morgan fingerprint density at radius 1 is 1.19 bits per heavy atom.